The molecule has 0 heterocycles. The summed E-state index contributed by atoms with van der Waals surface area (Å²) in [5.41, 5.74) is 7.76. The average Bonchev–Trinajstić information content (AvgIpc) is 2.71. The number of aryl methyl sites for hydroxylation is 2. The van der Waals surface area contributed by atoms with E-state index in [1.165, 1.54) is 5.56 Å². The predicted molar refractivity (Wildman–Crippen MR) is 136 cm³/mol. The first-order valence-corrected chi connectivity index (χ1v) is 11.9. The van der Waals surface area contributed by atoms with E-state index in [9.17, 15) is 4.79 Å². The fourth-order valence-electron chi connectivity index (χ4n) is 2.96. The molecule has 0 spiro atoms. The lowest BCUT2D eigenvalue weighted by molar-refractivity contribution is -0.120. The van der Waals surface area contributed by atoms with E-state index in [4.69, 9.17) is 4.74 Å². The van der Waals surface area contributed by atoms with E-state index in [-0.39, 0.29) is 5.91 Å². The van der Waals surface area contributed by atoms with Gasteiger partial charge in [0.05, 0.1) is 21.6 Å². The Balaban J connectivity index is 1.59. The highest BCUT2D eigenvalue weighted by molar-refractivity contribution is 9.11. The molecule has 0 aliphatic rings. The molecule has 1 amide bonds. The first-order chi connectivity index (χ1) is 14.8. The molecule has 3 aromatic rings. The monoisotopic (exact) mass is 606 g/mol. The highest BCUT2D eigenvalue weighted by atomic mass is 79.9. The van der Waals surface area contributed by atoms with Gasteiger partial charge in [0.25, 0.3) is 0 Å². The molecule has 0 atom stereocenters. The van der Waals surface area contributed by atoms with E-state index in [1.54, 1.807) is 6.21 Å². The largest absolute Gasteiger partial charge is 0.487 e. The van der Waals surface area contributed by atoms with Crippen LogP contribution in [0.1, 0.15) is 27.8 Å². The Morgan fingerprint density at radius 1 is 1.00 bits per heavy atom. The van der Waals surface area contributed by atoms with Crippen LogP contribution in [0.3, 0.4) is 0 Å². The van der Waals surface area contributed by atoms with Crippen molar-refractivity contribution in [2.75, 3.05) is 0 Å². The number of benzene rings is 3. The Labute approximate surface area is 207 Å². The van der Waals surface area contributed by atoms with Crippen molar-refractivity contribution in [2.24, 2.45) is 5.10 Å². The predicted octanol–water partition coefficient (Wildman–Crippen LogP) is 6.86. The standard InChI is InChI=1S/C24H21Br3N2O2/c1-15-3-6-19(16(2)9-15)12-23(30)29-28-13-18-10-21(26)24(22(27)11-18)31-14-17-4-7-20(25)8-5-17/h3-11,13H,12,14H2,1-2H3,(H,29,30)/b28-13+. The van der Waals surface area contributed by atoms with Crippen LogP contribution in [-0.2, 0) is 17.8 Å². The van der Waals surface area contributed by atoms with Crippen molar-refractivity contribution in [1.29, 1.82) is 0 Å². The Morgan fingerprint density at radius 3 is 2.32 bits per heavy atom. The summed E-state index contributed by atoms with van der Waals surface area (Å²) in [6, 6.07) is 17.8. The molecule has 7 heteroatoms. The minimum atomic E-state index is -0.157. The van der Waals surface area contributed by atoms with Gasteiger partial charge in [-0.3, -0.25) is 4.79 Å². The minimum absolute atomic E-state index is 0.157. The fraction of sp³-hybridized carbons (Fsp3) is 0.167. The first-order valence-electron chi connectivity index (χ1n) is 9.56. The zero-order valence-corrected chi connectivity index (χ0v) is 21.8. The van der Waals surface area contributed by atoms with E-state index in [0.29, 0.717) is 18.8 Å². The summed E-state index contributed by atoms with van der Waals surface area (Å²) in [5.74, 6) is 0.551. The Bertz CT molecular complexity index is 1090. The average molecular weight is 609 g/mol. The van der Waals surface area contributed by atoms with Crippen LogP contribution in [0, 0.1) is 13.8 Å². The number of halogens is 3. The number of ether oxygens (including phenoxy) is 1. The van der Waals surface area contributed by atoms with Gasteiger partial charge in [0.1, 0.15) is 12.4 Å². The summed E-state index contributed by atoms with van der Waals surface area (Å²) >= 11 is 10.5. The van der Waals surface area contributed by atoms with Crippen molar-refractivity contribution >= 4 is 59.9 Å². The van der Waals surface area contributed by atoms with Crippen LogP contribution in [-0.4, -0.2) is 12.1 Å². The van der Waals surface area contributed by atoms with Crippen molar-refractivity contribution in [3.8, 4) is 5.75 Å². The summed E-state index contributed by atoms with van der Waals surface area (Å²) in [6.07, 6.45) is 1.90. The lowest BCUT2D eigenvalue weighted by atomic mass is 10.0. The molecule has 0 aromatic heterocycles. The molecule has 31 heavy (non-hydrogen) atoms. The zero-order chi connectivity index (χ0) is 22.4. The molecule has 0 radical (unpaired) electrons. The van der Waals surface area contributed by atoms with Gasteiger partial charge in [-0.05, 0) is 92.2 Å². The van der Waals surface area contributed by atoms with Crippen molar-refractivity contribution in [3.63, 3.8) is 0 Å². The highest BCUT2D eigenvalue weighted by Gasteiger charge is 2.10. The SMILES string of the molecule is Cc1ccc(CC(=O)N/N=C/c2cc(Br)c(OCc3ccc(Br)cc3)c(Br)c2)c(C)c1. The smallest absolute Gasteiger partial charge is 0.244 e. The summed E-state index contributed by atoms with van der Waals surface area (Å²) < 4.78 is 8.57. The van der Waals surface area contributed by atoms with Gasteiger partial charge in [-0.15, -0.1) is 0 Å². The summed E-state index contributed by atoms with van der Waals surface area (Å²) in [7, 11) is 0. The van der Waals surface area contributed by atoms with Gasteiger partial charge in [0.2, 0.25) is 5.91 Å². The number of carbonyl (C=O) groups is 1. The molecule has 0 aliphatic heterocycles. The van der Waals surface area contributed by atoms with Gasteiger partial charge in [-0.1, -0.05) is 51.8 Å². The van der Waals surface area contributed by atoms with Crippen LogP contribution in [0.5, 0.6) is 5.75 Å². The molecule has 3 rings (SSSR count). The molecule has 3 aromatic carbocycles. The number of rotatable bonds is 7. The third-order valence-corrected chi connectivity index (χ3v) is 6.28. The lowest BCUT2D eigenvalue weighted by Crippen LogP contribution is -2.20. The molecule has 4 nitrogen and oxygen atoms in total. The maximum Gasteiger partial charge on any atom is 0.244 e. The normalized spacial score (nSPS) is 11.0. The number of carbonyl (C=O) groups excluding carboxylic acids is 1. The van der Waals surface area contributed by atoms with E-state index >= 15 is 0 Å². The van der Waals surface area contributed by atoms with Crippen molar-refractivity contribution in [1.82, 2.24) is 5.43 Å². The second-order valence-corrected chi connectivity index (χ2v) is 9.75. The van der Waals surface area contributed by atoms with Crippen molar-refractivity contribution < 1.29 is 9.53 Å². The number of hydrogen-bond donors (Lipinski definition) is 1. The number of hydrogen-bond acceptors (Lipinski definition) is 3. The van der Waals surface area contributed by atoms with Gasteiger partial charge in [-0.25, -0.2) is 5.43 Å². The number of nitrogens with zero attached hydrogens (tertiary/aromatic N) is 1. The molecule has 0 aliphatic carbocycles. The maximum absolute atomic E-state index is 12.2. The van der Waals surface area contributed by atoms with Crippen LogP contribution in [0.2, 0.25) is 0 Å². The first kappa shape index (κ1) is 23.7. The topological polar surface area (TPSA) is 50.7 Å². The van der Waals surface area contributed by atoms with Crippen LogP contribution in [0.4, 0.5) is 0 Å². The second-order valence-electron chi connectivity index (χ2n) is 7.13. The molecular weight excluding hydrogens is 588 g/mol. The van der Waals surface area contributed by atoms with Gasteiger partial charge in [-0.2, -0.15) is 5.10 Å². The third kappa shape index (κ3) is 7.02. The zero-order valence-electron chi connectivity index (χ0n) is 17.1. The Kier molecular flexibility index (Phi) is 8.46. The summed E-state index contributed by atoms with van der Waals surface area (Å²) in [6.45, 7) is 4.50. The Hall–Kier alpha value is -1.96. The van der Waals surface area contributed by atoms with Gasteiger partial charge in [0.15, 0.2) is 0 Å². The third-order valence-electron chi connectivity index (χ3n) is 4.57. The molecule has 0 bridgehead atoms. The second kappa shape index (κ2) is 11.1. The van der Waals surface area contributed by atoms with Crippen LogP contribution in [0.15, 0.2) is 73.1 Å². The molecule has 0 fully saturated rings. The van der Waals surface area contributed by atoms with E-state index in [2.05, 4.69) is 64.4 Å². The lowest BCUT2D eigenvalue weighted by Gasteiger charge is -2.11. The molecule has 0 saturated carbocycles. The molecule has 0 saturated heterocycles. The molecule has 0 unspecified atom stereocenters. The quantitative estimate of drug-likeness (QED) is 0.235. The number of nitrogens with one attached hydrogen (secondary N) is 1. The van der Waals surface area contributed by atoms with Crippen LogP contribution >= 0.6 is 47.8 Å². The van der Waals surface area contributed by atoms with Gasteiger partial charge < -0.3 is 4.74 Å². The summed E-state index contributed by atoms with van der Waals surface area (Å²) in [4.78, 5) is 12.2. The number of hydrazone groups is 1. The molecular formula is C24H21Br3N2O2. The van der Waals surface area contributed by atoms with Gasteiger partial charge in [0, 0.05) is 4.47 Å². The van der Waals surface area contributed by atoms with Crippen LogP contribution in [0.25, 0.3) is 0 Å². The van der Waals surface area contributed by atoms with Crippen molar-refractivity contribution in [3.05, 3.63) is 95.8 Å². The highest BCUT2D eigenvalue weighted by Crippen LogP contribution is 2.35. The van der Waals surface area contributed by atoms with E-state index in [0.717, 1.165) is 35.7 Å². The van der Waals surface area contributed by atoms with E-state index in [1.807, 2.05) is 62.4 Å². The van der Waals surface area contributed by atoms with Gasteiger partial charge >= 0.3 is 0 Å². The van der Waals surface area contributed by atoms with E-state index < -0.39 is 0 Å². The Morgan fingerprint density at radius 2 is 1.68 bits per heavy atom. The minimum Gasteiger partial charge on any atom is -0.487 e. The van der Waals surface area contributed by atoms with Crippen LogP contribution < -0.4 is 10.2 Å². The molecule has 160 valence electrons. The maximum atomic E-state index is 12.2. The summed E-state index contributed by atoms with van der Waals surface area (Å²) in [5, 5.41) is 4.09. The number of amides is 1. The van der Waals surface area contributed by atoms with Crippen molar-refractivity contribution in [2.45, 2.75) is 26.9 Å². The molecule has 1 N–H and O–H groups in total. The fourth-order valence-corrected chi connectivity index (χ4v) is 4.68.